The van der Waals surface area contributed by atoms with Crippen molar-refractivity contribution >= 4 is 23.3 Å². The Labute approximate surface area is 128 Å². The smallest absolute Gasteiger partial charge is 0.232 e. The van der Waals surface area contributed by atoms with E-state index in [2.05, 4.69) is 11.9 Å². The number of thioether (sulfide) groups is 1. The molecule has 0 aliphatic carbocycles. The number of nitrogens with zero attached hydrogens (tertiary/aromatic N) is 3. The molecular formula is C15H19N3O2S. The summed E-state index contributed by atoms with van der Waals surface area (Å²) in [6.07, 6.45) is 4.41. The second-order valence-electron chi connectivity index (χ2n) is 5.48. The third-order valence-electron chi connectivity index (χ3n) is 3.64. The molecule has 1 N–H and O–H groups in total. The van der Waals surface area contributed by atoms with Crippen molar-refractivity contribution in [2.45, 2.75) is 25.2 Å². The molecule has 0 spiro atoms. The molecule has 5 nitrogen and oxygen atoms in total. The van der Waals surface area contributed by atoms with Gasteiger partial charge in [0, 0.05) is 31.2 Å². The first-order valence-corrected chi connectivity index (χ1v) is 8.25. The molecule has 1 atom stereocenters. The number of aliphatic hydroxyl groups is 1. The van der Waals surface area contributed by atoms with Gasteiger partial charge in [0.25, 0.3) is 0 Å². The van der Waals surface area contributed by atoms with Crippen molar-refractivity contribution in [3.63, 3.8) is 0 Å². The maximum absolute atomic E-state index is 12.0. The van der Waals surface area contributed by atoms with E-state index in [0.717, 1.165) is 17.1 Å². The van der Waals surface area contributed by atoms with Gasteiger partial charge in [-0.3, -0.25) is 4.79 Å². The predicted molar refractivity (Wildman–Crippen MR) is 83.3 cm³/mol. The van der Waals surface area contributed by atoms with E-state index in [4.69, 9.17) is 0 Å². The van der Waals surface area contributed by atoms with Gasteiger partial charge in [-0.25, -0.2) is 4.98 Å². The van der Waals surface area contributed by atoms with Crippen molar-refractivity contribution in [3.8, 4) is 0 Å². The van der Waals surface area contributed by atoms with Gasteiger partial charge in [-0.05, 0) is 25.0 Å². The molecule has 1 aliphatic heterocycles. The van der Waals surface area contributed by atoms with Crippen LogP contribution in [-0.2, 0) is 10.5 Å². The van der Waals surface area contributed by atoms with Gasteiger partial charge in [0.1, 0.15) is 5.65 Å². The minimum Gasteiger partial charge on any atom is -0.391 e. The molecule has 2 aromatic rings. The summed E-state index contributed by atoms with van der Waals surface area (Å²) in [7, 11) is 0. The Bertz CT molecular complexity index is 655. The summed E-state index contributed by atoms with van der Waals surface area (Å²) in [5.41, 5.74) is 3.12. The molecule has 0 bridgehead atoms. The van der Waals surface area contributed by atoms with Crippen LogP contribution in [0.5, 0.6) is 0 Å². The molecule has 1 amide bonds. The first kappa shape index (κ1) is 14.4. The fourth-order valence-electron chi connectivity index (χ4n) is 2.53. The number of imidazole rings is 1. The second-order valence-corrected chi connectivity index (χ2v) is 6.46. The van der Waals surface area contributed by atoms with Gasteiger partial charge in [0.05, 0.1) is 17.6 Å². The lowest BCUT2D eigenvalue weighted by atomic mass is 10.3. The second kappa shape index (κ2) is 6.07. The Hall–Kier alpha value is -1.53. The lowest BCUT2D eigenvalue weighted by molar-refractivity contribution is -0.127. The quantitative estimate of drug-likeness (QED) is 0.929. The first-order chi connectivity index (χ1) is 10.1. The highest BCUT2D eigenvalue weighted by molar-refractivity contribution is 7.99. The predicted octanol–water partition coefficient (Wildman–Crippen LogP) is 1.47. The average molecular weight is 305 g/mol. The van der Waals surface area contributed by atoms with Crippen LogP contribution in [0, 0.1) is 6.92 Å². The summed E-state index contributed by atoms with van der Waals surface area (Å²) >= 11 is 1.57. The number of rotatable bonds is 4. The number of aromatic nitrogens is 2. The maximum atomic E-state index is 12.0. The molecule has 3 rings (SSSR count). The van der Waals surface area contributed by atoms with Crippen molar-refractivity contribution in [1.29, 1.82) is 0 Å². The van der Waals surface area contributed by atoms with Gasteiger partial charge in [-0.15, -0.1) is 11.8 Å². The van der Waals surface area contributed by atoms with Crippen molar-refractivity contribution < 1.29 is 9.90 Å². The number of aryl methyl sites for hydroxylation is 1. The van der Waals surface area contributed by atoms with Crippen molar-refractivity contribution in [2.24, 2.45) is 0 Å². The number of fused-ring (bicyclic) bond motifs is 1. The molecule has 1 saturated heterocycles. The number of amides is 1. The van der Waals surface area contributed by atoms with Crippen LogP contribution in [0.15, 0.2) is 24.5 Å². The number of carbonyl (C=O) groups is 1. The number of pyridine rings is 1. The zero-order valence-electron chi connectivity index (χ0n) is 12.0. The van der Waals surface area contributed by atoms with Crippen LogP contribution in [0.1, 0.15) is 17.7 Å². The Kier molecular flexibility index (Phi) is 4.17. The van der Waals surface area contributed by atoms with Crippen LogP contribution < -0.4 is 0 Å². The molecule has 3 heterocycles. The van der Waals surface area contributed by atoms with Crippen molar-refractivity contribution in [3.05, 3.63) is 35.8 Å². The van der Waals surface area contributed by atoms with Crippen LogP contribution in [0.25, 0.3) is 5.65 Å². The van der Waals surface area contributed by atoms with E-state index >= 15 is 0 Å². The van der Waals surface area contributed by atoms with Crippen molar-refractivity contribution in [2.75, 3.05) is 18.8 Å². The topological polar surface area (TPSA) is 57.8 Å². The Morgan fingerprint density at radius 1 is 1.48 bits per heavy atom. The summed E-state index contributed by atoms with van der Waals surface area (Å²) in [6, 6.07) is 4.04. The molecule has 0 aromatic carbocycles. The maximum Gasteiger partial charge on any atom is 0.232 e. The number of β-amino-alcohol motifs (C(OH)–C–C–N with tert-alkyl or cyclic N) is 1. The average Bonchev–Trinajstić information content (AvgIpc) is 3.04. The first-order valence-electron chi connectivity index (χ1n) is 7.09. The minimum atomic E-state index is -0.347. The van der Waals surface area contributed by atoms with Crippen LogP contribution in [0.2, 0.25) is 0 Å². The van der Waals surface area contributed by atoms with E-state index in [1.807, 2.05) is 28.9 Å². The number of likely N-dealkylation sites (tertiary alicyclic amines) is 1. The van der Waals surface area contributed by atoms with Crippen LogP contribution in [-0.4, -0.2) is 50.2 Å². The summed E-state index contributed by atoms with van der Waals surface area (Å²) in [6.45, 7) is 3.21. The van der Waals surface area contributed by atoms with Gasteiger partial charge >= 0.3 is 0 Å². The molecule has 0 saturated carbocycles. The number of aliphatic hydroxyl groups excluding tert-OH is 1. The molecular weight excluding hydrogens is 286 g/mol. The van der Waals surface area contributed by atoms with E-state index in [1.165, 1.54) is 5.56 Å². The molecule has 21 heavy (non-hydrogen) atoms. The number of hydrogen-bond donors (Lipinski definition) is 1. The molecule has 1 fully saturated rings. The van der Waals surface area contributed by atoms with E-state index in [-0.39, 0.29) is 12.0 Å². The highest BCUT2D eigenvalue weighted by Gasteiger charge is 2.24. The van der Waals surface area contributed by atoms with E-state index in [0.29, 0.717) is 25.3 Å². The third-order valence-corrected chi connectivity index (χ3v) is 4.59. The standard InChI is InChI=1S/C15H19N3O2S/c1-11-2-3-14-16-12(7-18(14)6-11)9-21-10-15(20)17-5-4-13(19)8-17/h2-3,6-7,13,19H,4-5,8-10H2,1H3/t13-/m1/s1. The monoisotopic (exact) mass is 305 g/mol. The highest BCUT2D eigenvalue weighted by atomic mass is 32.2. The van der Waals surface area contributed by atoms with E-state index in [1.54, 1.807) is 16.7 Å². The van der Waals surface area contributed by atoms with Gasteiger partial charge in [-0.2, -0.15) is 0 Å². The summed E-state index contributed by atoms with van der Waals surface area (Å²) in [5, 5.41) is 9.44. The fraction of sp³-hybridized carbons (Fsp3) is 0.467. The molecule has 0 radical (unpaired) electrons. The van der Waals surface area contributed by atoms with E-state index in [9.17, 15) is 9.90 Å². The highest BCUT2D eigenvalue weighted by Crippen LogP contribution is 2.16. The summed E-state index contributed by atoms with van der Waals surface area (Å²) in [5.74, 6) is 1.28. The van der Waals surface area contributed by atoms with Gasteiger partial charge < -0.3 is 14.4 Å². The van der Waals surface area contributed by atoms with Crippen molar-refractivity contribution in [1.82, 2.24) is 14.3 Å². The Morgan fingerprint density at radius 2 is 2.33 bits per heavy atom. The summed E-state index contributed by atoms with van der Waals surface area (Å²) in [4.78, 5) is 18.2. The van der Waals surface area contributed by atoms with Gasteiger partial charge in [-0.1, -0.05) is 6.07 Å². The molecule has 2 aromatic heterocycles. The molecule has 0 unspecified atom stereocenters. The third kappa shape index (κ3) is 3.39. The summed E-state index contributed by atoms with van der Waals surface area (Å²) < 4.78 is 2.02. The lowest BCUT2D eigenvalue weighted by Crippen LogP contribution is -2.31. The zero-order valence-corrected chi connectivity index (χ0v) is 12.8. The fourth-order valence-corrected chi connectivity index (χ4v) is 3.34. The molecule has 6 heteroatoms. The van der Waals surface area contributed by atoms with E-state index < -0.39 is 0 Å². The molecule has 1 aliphatic rings. The minimum absolute atomic E-state index is 0.108. The van der Waals surface area contributed by atoms with Crippen LogP contribution in [0.3, 0.4) is 0 Å². The number of hydrogen-bond acceptors (Lipinski definition) is 4. The van der Waals surface area contributed by atoms with Crippen LogP contribution >= 0.6 is 11.8 Å². The Balaban J connectivity index is 1.53. The normalized spacial score (nSPS) is 18.6. The van der Waals surface area contributed by atoms with Gasteiger partial charge in [0.15, 0.2) is 0 Å². The SMILES string of the molecule is Cc1ccc2nc(CSCC(=O)N3CC[C@@H](O)C3)cn2c1. The lowest BCUT2D eigenvalue weighted by Gasteiger charge is -2.14. The van der Waals surface area contributed by atoms with Gasteiger partial charge in [0.2, 0.25) is 5.91 Å². The molecule has 112 valence electrons. The largest absolute Gasteiger partial charge is 0.391 e. The Morgan fingerprint density at radius 3 is 3.10 bits per heavy atom. The number of carbonyl (C=O) groups excluding carboxylic acids is 1. The zero-order chi connectivity index (χ0) is 14.8. The van der Waals surface area contributed by atoms with Crippen LogP contribution in [0.4, 0.5) is 0 Å².